The van der Waals surface area contributed by atoms with Gasteiger partial charge < -0.3 is 9.84 Å². The molecule has 0 radical (unpaired) electrons. The minimum atomic E-state index is -1.25. The molecule has 102 valence electrons. The van der Waals surface area contributed by atoms with Gasteiger partial charge in [0.2, 0.25) is 5.88 Å². The summed E-state index contributed by atoms with van der Waals surface area (Å²) in [5.74, 6) is 1.08. The standard InChI is InChI=1S/C18H13NO2/c20-18(13-7-2-1-3-8-13)14-9-4-5-11-16(14)21-17-15(18)10-6-12-19-17/h1-12,20H. The number of aliphatic hydroxyl groups is 1. The molecule has 2 heterocycles. The zero-order valence-electron chi connectivity index (χ0n) is 11.2. The van der Waals surface area contributed by atoms with Crippen LogP contribution in [0.1, 0.15) is 16.7 Å². The van der Waals surface area contributed by atoms with Gasteiger partial charge in [0.15, 0.2) is 0 Å². The Hall–Kier alpha value is -2.65. The third-order valence-electron chi connectivity index (χ3n) is 3.84. The molecule has 2 aromatic carbocycles. The number of para-hydroxylation sites is 1. The first kappa shape index (κ1) is 12.1. The average Bonchev–Trinajstić information content (AvgIpc) is 2.56. The summed E-state index contributed by atoms with van der Waals surface area (Å²) in [5.41, 5.74) is 0.946. The van der Waals surface area contributed by atoms with Crippen LogP contribution in [0.2, 0.25) is 0 Å². The molecule has 21 heavy (non-hydrogen) atoms. The summed E-state index contributed by atoms with van der Waals surface area (Å²) in [7, 11) is 0. The molecule has 1 unspecified atom stereocenters. The Morgan fingerprint density at radius 2 is 1.52 bits per heavy atom. The van der Waals surface area contributed by atoms with E-state index in [-0.39, 0.29) is 0 Å². The maximum absolute atomic E-state index is 11.5. The fraction of sp³-hybridized carbons (Fsp3) is 0.0556. The second-order valence-electron chi connectivity index (χ2n) is 5.03. The maximum Gasteiger partial charge on any atom is 0.226 e. The quantitative estimate of drug-likeness (QED) is 0.739. The molecule has 4 rings (SSSR count). The zero-order chi connectivity index (χ0) is 14.3. The van der Waals surface area contributed by atoms with Crippen molar-refractivity contribution in [3.8, 4) is 11.6 Å². The van der Waals surface area contributed by atoms with E-state index in [9.17, 15) is 5.11 Å². The summed E-state index contributed by atoms with van der Waals surface area (Å²) in [5, 5.41) is 11.5. The van der Waals surface area contributed by atoms with E-state index in [1.54, 1.807) is 6.20 Å². The third-order valence-corrected chi connectivity index (χ3v) is 3.84. The van der Waals surface area contributed by atoms with Crippen molar-refractivity contribution in [2.75, 3.05) is 0 Å². The lowest BCUT2D eigenvalue weighted by Crippen LogP contribution is -2.32. The zero-order valence-corrected chi connectivity index (χ0v) is 11.2. The molecule has 3 heteroatoms. The number of pyridine rings is 1. The average molecular weight is 275 g/mol. The molecular formula is C18H13NO2. The van der Waals surface area contributed by atoms with Crippen LogP contribution in [0.4, 0.5) is 0 Å². The van der Waals surface area contributed by atoms with E-state index in [0.717, 1.165) is 11.1 Å². The first-order valence-corrected chi connectivity index (χ1v) is 6.81. The van der Waals surface area contributed by atoms with Crippen molar-refractivity contribution >= 4 is 0 Å². The first-order valence-electron chi connectivity index (χ1n) is 6.81. The topological polar surface area (TPSA) is 42.4 Å². The van der Waals surface area contributed by atoms with Crippen molar-refractivity contribution in [2.24, 2.45) is 0 Å². The summed E-state index contributed by atoms with van der Waals surface area (Å²) in [6.07, 6.45) is 1.66. The van der Waals surface area contributed by atoms with Crippen LogP contribution in [0.5, 0.6) is 11.6 Å². The van der Waals surface area contributed by atoms with Gasteiger partial charge in [0, 0.05) is 11.8 Å². The Morgan fingerprint density at radius 3 is 2.38 bits per heavy atom. The van der Waals surface area contributed by atoms with Crippen LogP contribution >= 0.6 is 0 Å². The van der Waals surface area contributed by atoms with E-state index in [1.165, 1.54) is 0 Å². The fourth-order valence-electron chi connectivity index (χ4n) is 2.84. The SMILES string of the molecule is OC1(c2ccccc2)c2ccccc2Oc2ncccc21. The third kappa shape index (κ3) is 1.68. The summed E-state index contributed by atoms with van der Waals surface area (Å²) < 4.78 is 5.82. The van der Waals surface area contributed by atoms with Crippen LogP contribution in [0.15, 0.2) is 72.9 Å². The molecular weight excluding hydrogens is 262 g/mol. The number of aromatic nitrogens is 1. The predicted octanol–water partition coefficient (Wildman–Crippen LogP) is 3.47. The van der Waals surface area contributed by atoms with Gasteiger partial charge in [-0.2, -0.15) is 0 Å². The monoisotopic (exact) mass is 275 g/mol. The number of ether oxygens (including phenoxy) is 1. The molecule has 1 aliphatic heterocycles. The molecule has 0 fully saturated rings. The van der Waals surface area contributed by atoms with Crippen molar-refractivity contribution in [3.05, 3.63) is 89.6 Å². The molecule has 3 aromatic rings. The summed E-state index contributed by atoms with van der Waals surface area (Å²) >= 11 is 0. The van der Waals surface area contributed by atoms with Gasteiger partial charge in [-0.3, -0.25) is 0 Å². The number of fused-ring (bicyclic) bond motifs is 2. The van der Waals surface area contributed by atoms with E-state index in [0.29, 0.717) is 17.2 Å². The molecule has 0 amide bonds. The first-order chi connectivity index (χ1) is 10.3. The van der Waals surface area contributed by atoms with Gasteiger partial charge in [-0.25, -0.2) is 4.98 Å². The van der Waals surface area contributed by atoms with Crippen LogP contribution in [0.25, 0.3) is 0 Å². The minimum Gasteiger partial charge on any atom is -0.438 e. The lowest BCUT2D eigenvalue weighted by Gasteiger charge is -2.35. The molecule has 0 saturated heterocycles. The lowest BCUT2D eigenvalue weighted by molar-refractivity contribution is 0.111. The van der Waals surface area contributed by atoms with Crippen LogP contribution < -0.4 is 4.74 Å². The smallest absolute Gasteiger partial charge is 0.226 e. The molecule has 1 N–H and O–H groups in total. The van der Waals surface area contributed by atoms with Gasteiger partial charge in [-0.05, 0) is 23.8 Å². The fourth-order valence-corrected chi connectivity index (χ4v) is 2.84. The number of nitrogens with zero attached hydrogens (tertiary/aromatic N) is 1. The lowest BCUT2D eigenvalue weighted by atomic mass is 9.79. The number of hydrogen-bond acceptors (Lipinski definition) is 3. The van der Waals surface area contributed by atoms with Gasteiger partial charge in [0.05, 0.1) is 5.56 Å². The van der Waals surface area contributed by atoms with E-state index in [1.807, 2.05) is 66.7 Å². The van der Waals surface area contributed by atoms with Gasteiger partial charge in [-0.15, -0.1) is 0 Å². The normalized spacial score (nSPS) is 19.3. The summed E-state index contributed by atoms with van der Waals surface area (Å²) in [6, 6.07) is 20.8. The Morgan fingerprint density at radius 1 is 0.810 bits per heavy atom. The van der Waals surface area contributed by atoms with Crippen molar-refractivity contribution < 1.29 is 9.84 Å². The Labute approximate surface area is 122 Å². The highest BCUT2D eigenvalue weighted by Crippen LogP contribution is 2.48. The molecule has 1 aromatic heterocycles. The molecule has 1 aliphatic rings. The Kier molecular flexibility index (Phi) is 2.56. The highest BCUT2D eigenvalue weighted by Gasteiger charge is 2.42. The molecule has 0 aliphatic carbocycles. The van der Waals surface area contributed by atoms with E-state index < -0.39 is 5.60 Å². The molecule has 0 bridgehead atoms. The Balaban J connectivity index is 2.06. The molecule has 1 atom stereocenters. The highest BCUT2D eigenvalue weighted by molar-refractivity contribution is 5.58. The van der Waals surface area contributed by atoms with Gasteiger partial charge in [-0.1, -0.05) is 48.5 Å². The van der Waals surface area contributed by atoms with Crippen molar-refractivity contribution in [3.63, 3.8) is 0 Å². The van der Waals surface area contributed by atoms with Crippen LogP contribution in [-0.4, -0.2) is 10.1 Å². The molecule has 0 spiro atoms. The predicted molar refractivity (Wildman–Crippen MR) is 79.3 cm³/mol. The maximum atomic E-state index is 11.5. The molecule has 0 saturated carbocycles. The van der Waals surface area contributed by atoms with E-state index in [2.05, 4.69) is 4.98 Å². The van der Waals surface area contributed by atoms with Crippen molar-refractivity contribution in [1.82, 2.24) is 4.98 Å². The summed E-state index contributed by atoms with van der Waals surface area (Å²) in [4.78, 5) is 4.26. The second-order valence-corrected chi connectivity index (χ2v) is 5.03. The van der Waals surface area contributed by atoms with Crippen LogP contribution in [0, 0.1) is 0 Å². The largest absolute Gasteiger partial charge is 0.438 e. The molecule has 3 nitrogen and oxygen atoms in total. The van der Waals surface area contributed by atoms with Gasteiger partial charge >= 0.3 is 0 Å². The number of hydrogen-bond donors (Lipinski definition) is 1. The number of benzene rings is 2. The van der Waals surface area contributed by atoms with Gasteiger partial charge in [0.1, 0.15) is 11.4 Å². The van der Waals surface area contributed by atoms with Gasteiger partial charge in [0.25, 0.3) is 0 Å². The van der Waals surface area contributed by atoms with Crippen molar-refractivity contribution in [1.29, 1.82) is 0 Å². The number of rotatable bonds is 1. The van der Waals surface area contributed by atoms with E-state index >= 15 is 0 Å². The van der Waals surface area contributed by atoms with Crippen LogP contribution in [0.3, 0.4) is 0 Å². The summed E-state index contributed by atoms with van der Waals surface area (Å²) in [6.45, 7) is 0. The second kappa shape index (κ2) is 4.43. The highest BCUT2D eigenvalue weighted by atomic mass is 16.5. The minimum absolute atomic E-state index is 0.447. The van der Waals surface area contributed by atoms with E-state index in [4.69, 9.17) is 4.74 Å². The van der Waals surface area contributed by atoms with Crippen molar-refractivity contribution in [2.45, 2.75) is 5.60 Å². The van der Waals surface area contributed by atoms with Crippen LogP contribution in [-0.2, 0) is 5.60 Å². The Bertz CT molecular complexity index is 754.